The van der Waals surface area contributed by atoms with E-state index in [2.05, 4.69) is 107 Å². The van der Waals surface area contributed by atoms with Crippen LogP contribution in [-0.4, -0.2) is 0 Å². The first-order valence-electron chi connectivity index (χ1n) is 12.7. The minimum atomic E-state index is 0.173. The van der Waals surface area contributed by atoms with Gasteiger partial charge in [0.2, 0.25) is 5.69 Å². The maximum absolute atomic E-state index is 6.77. The number of para-hydroxylation sites is 1. The summed E-state index contributed by atoms with van der Waals surface area (Å²) in [6, 6.07) is 19.5. The van der Waals surface area contributed by atoms with Gasteiger partial charge < -0.3 is 9.15 Å². The van der Waals surface area contributed by atoms with Crippen molar-refractivity contribution in [1.82, 2.24) is 0 Å². The number of benzene rings is 4. The number of rotatable bonds is 1. The fourth-order valence-electron chi connectivity index (χ4n) is 6.24. The van der Waals surface area contributed by atoms with Crippen LogP contribution in [0.4, 0.5) is 0 Å². The van der Waals surface area contributed by atoms with E-state index in [4.69, 9.17) is 9.15 Å². The van der Waals surface area contributed by atoms with Gasteiger partial charge in [-0.1, -0.05) is 63.2 Å². The topological polar surface area (TPSA) is 26.2 Å². The van der Waals surface area contributed by atoms with Crippen molar-refractivity contribution in [2.45, 2.75) is 41.0 Å². The smallest absolute Gasteiger partial charge is 0.228 e. The number of hydrogen-bond acceptors (Lipinski definition) is 2. The molecule has 1 aliphatic heterocycles. The number of ether oxygens (including phenoxy) is 1. The van der Waals surface area contributed by atoms with Gasteiger partial charge in [0.15, 0.2) is 6.20 Å². The predicted octanol–water partition coefficient (Wildman–Crippen LogP) is 8.70. The minimum Gasteiger partial charge on any atom is -0.456 e. The summed E-state index contributed by atoms with van der Waals surface area (Å²) in [4.78, 5) is 0. The highest BCUT2D eigenvalue weighted by atomic mass is 16.5. The van der Waals surface area contributed by atoms with Crippen LogP contribution in [0.2, 0.25) is 0 Å². The van der Waals surface area contributed by atoms with Crippen molar-refractivity contribution in [1.29, 1.82) is 0 Å². The van der Waals surface area contributed by atoms with E-state index < -0.39 is 0 Å². The van der Waals surface area contributed by atoms with Crippen LogP contribution in [0.15, 0.2) is 65.2 Å². The first-order valence-corrected chi connectivity index (χ1v) is 12.7. The maximum Gasteiger partial charge on any atom is 0.228 e. The number of furan rings is 1. The fraction of sp³-hybridized carbons (Fsp3) is 0.242. The molecule has 7 rings (SSSR count). The number of fused-ring (bicyclic) bond motifs is 7. The van der Waals surface area contributed by atoms with E-state index in [1.54, 1.807) is 0 Å². The molecule has 0 atom stereocenters. The van der Waals surface area contributed by atoms with Crippen LogP contribution in [0.3, 0.4) is 0 Å². The van der Waals surface area contributed by atoms with Crippen LogP contribution in [0.5, 0.6) is 11.5 Å². The lowest BCUT2D eigenvalue weighted by Crippen LogP contribution is -2.32. The first kappa shape index (κ1) is 21.4. The molecular formula is C33H30NO2+. The SMILES string of the molecule is Cc1c2c(c(C)c3ccccc13)-c1c3c(cc4oc5c(CC(C)(C)C)cccc5c4c3cc[n+]1C)O2. The van der Waals surface area contributed by atoms with E-state index in [9.17, 15) is 0 Å². The highest BCUT2D eigenvalue weighted by molar-refractivity contribution is 6.23. The quantitative estimate of drug-likeness (QED) is 0.223. The molecular weight excluding hydrogens is 442 g/mol. The van der Waals surface area contributed by atoms with Crippen LogP contribution in [-0.2, 0) is 13.5 Å². The number of aromatic nitrogens is 1. The van der Waals surface area contributed by atoms with Crippen molar-refractivity contribution in [3.63, 3.8) is 0 Å². The summed E-state index contributed by atoms with van der Waals surface area (Å²) < 4.78 is 15.6. The number of aryl methyl sites for hydroxylation is 3. The van der Waals surface area contributed by atoms with E-state index in [-0.39, 0.29) is 5.41 Å². The molecule has 3 nitrogen and oxygen atoms in total. The standard InChI is InChI=1S/C33H30NO2/c1-18-21-11-7-8-12-22(21)19(2)31-27(18)30-29-23(14-15-34(30)6)28-24-13-9-10-20(17-33(3,4)5)32(24)36-25(28)16-26(29)35-31/h7-16H,17H2,1-6H3/q+1. The van der Waals surface area contributed by atoms with Crippen molar-refractivity contribution in [2.75, 3.05) is 0 Å². The van der Waals surface area contributed by atoms with Gasteiger partial charge in [0, 0.05) is 33.9 Å². The maximum atomic E-state index is 6.77. The van der Waals surface area contributed by atoms with Crippen molar-refractivity contribution in [3.8, 4) is 22.8 Å². The van der Waals surface area contributed by atoms with E-state index in [0.717, 1.165) is 34.5 Å². The van der Waals surface area contributed by atoms with Gasteiger partial charge in [0.25, 0.3) is 0 Å². The molecule has 0 spiro atoms. The zero-order valence-electron chi connectivity index (χ0n) is 21.7. The Kier molecular flexibility index (Phi) is 4.23. The van der Waals surface area contributed by atoms with Gasteiger partial charge in [0.1, 0.15) is 29.7 Å². The average Bonchev–Trinajstić information content (AvgIpc) is 3.22. The Morgan fingerprint density at radius 2 is 1.53 bits per heavy atom. The molecule has 0 saturated carbocycles. The van der Waals surface area contributed by atoms with Crippen LogP contribution in [0, 0.1) is 19.3 Å². The van der Waals surface area contributed by atoms with Crippen LogP contribution >= 0.6 is 0 Å². The van der Waals surface area contributed by atoms with E-state index in [0.29, 0.717) is 0 Å². The molecule has 0 N–H and O–H groups in total. The average molecular weight is 473 g/mol. The predicted molar refractivity (Wildman–Crippen MR) is 148 cm³/mol. The van der Waals surface area contributed by atoms with Gasteiger partial charge in [-0.25, -0.2) is 4.57 Å². The van der Waals surface area contributed by atoms with Crippen molar-refractivity contribution >= 4 is 43.5 Å². The molecule has 0 fully saturated rings. The summed E-state index contributed by atoms with van der Waals surface area (Å²) in [6.45, 7) is 11.2. The number of nitrogens with zero attached hydrogens (tertiary/aromatic N) is 1. The Labute approximate surface area is 210 Å². The first-order chi connectivity index (χ1) is 17.2. The molecule has 3 heteroatoms. The highest BCUT2D eigenvalue weighted by Crippen LogP contribution is 2.52. The Balaban J connectivity index is 1.63. The molecule has 1 aliphatic rings. The van der Waals surface area contributed by atoms with Crippen LogP contribution in [0.1, 0.15) is 37.5 Å². The summed E-state index contributed by atoms with van der Waals surface area (Å²) in [5.74, 6) is 1.82. The second-order valence-electron chi connectivity index (χ2n) is 11.5. The molecule has 178 valence electrons. The normalized spacial score (nSPS) is 13.1. The molecule has 2 aromatic heterocycles. The second-order valence-corrected chi connectivity index (χ2v) is 11.5. The molecule has 3 heterocycles. The van der Waals surface area contributed by atoms with Crippen molar-refractivity contribution < 1.29 is 13.7 Å². The summed E-state index contributed by atoms with van der Waals surface area (Å²) in [7, 11) is 2.14. The molecule has 0 amide bonds. The largest absolute Gasteiger partial charge is 0.456 e. The van der Waals surface area contributed by atoms with E-state index >= 15 is 0 Å². The Bertz CT molecular complexity index is 1900. The molecule has 0 unspecified atom stereocenters. The molecule has 0 aliphatic carbocycles. The lowest BCUT2D eigenvalue weighted by molar-refractivity contribution is -0.659. The third kappa shape index (κ3) is 2.83. The Morgan fingerprint density at radius 3 is 2.28 bits per heavy atom. The highest BCUT2D eigenvalue weighted by Gasteiger charge is 2.33. The minimum absolute atomic E-state index is 0.173. The molecule has 4 aromatic carbocycles. The monoisotopic (exact) mass is 472 g/mol. The molecule has 0 saturated heterocycles. The molecule has 0 bridgehead atoms. The molecule has 36 heavy (non-hydrogen) atoms. The number of hydrogen-bond donors (Lipinski definition) is 0. The summed E-state index contributed by atoms with van der Waals surface area (Å²) >= 11 is 0. The lowest BCUT2D eigenvalue weighted by atomic mass is 9.87. The molecule has 6 aromatic rings. The zero-order valence-corrected chi connectivity index (χ0v) is 21.7. The van der Waals surface area contributed by atoms with Gasteiger partial charge in [0.05, 0.1) is 10.9 Å². The van der Waals surface area contributed by atoms with Crippen molar-refractivity contribution in [3.05, 3.63) is 77.5 Å². The van der Waals surface area contributed by atoms with Crippen molar-refractivity contribution in [2.24, 2.45) is 12.5 Å². The van der Waals surface area contributed by atoms with E-state index in [1.165, 1.54) is 54.9 Å². The third-order valence-electron chi connectivity index (χ3n) is 7.77. The molecule has 0 radical (unpaired) electrons. The van der Waals surface area contributed by atoms with Crippen LogP contribution < -0.4 is 9.30 Å². The Hall–Kier alpha value is -3.85. The fourth-order valence-corrected chi connectivity index (χ4v) is 6.24. The zero-order chi connectivity index (χ0) is 24.9. The van der Waals surface area contributed by atoms with Gasteiger partial charge in [-0.3, -0.25) is 0 Å². The van der Waals surface area contributed by atoms with Crippen LogP contribution in [0.25, 0.3) is 54.7 Å². The third-order valence-corrected chi connectivity index (χ3v) is 7.77. The van der Waals surface area contributed by atoms with Gasteiger partial charge in [-0.15, -0.1) is 0 Å². The van der Waals surface area contributed by atoms with Gasteiger partial charge in [-0.2, -0.15) is 0 Å². The summed E-state index contributed by atoms with van der Waals surface area (Å²) in [5, 5.41) is 7.20. The summed E-state index contributed by atoms with van der Waals surface area (Å²) in [5.41, 5.74) is 8.12. The summed E-state index contributed by atoms with van der Waals surface area (Å²) in [6.07, 6.45) is 3.14. The number of pyridine rings is 1. The second kappa shape index (κ2) is 7.10. The van der Waals surface area contributed by atoms with Gasteiger partial charge >= 0.3 is 0 Å². The van der Waals surface area contributed by atoms with Gasteiger partial charge in [-0.05, 0) is 47.6 Å². The Morgan fingerprint density at radius 1 is 0.806 bits per heavy atom. The van der Waals surface area contributed by atoms with E-state index in [1.807, 2.05) is 0 Å². The lowest BCUT2D eigenvalue weighted by Gasteiger charge is -2.24.